The Labute approximate surface area is 125 Å². The van der Waals surface area contributed by atoms with Crippen molar-refractivity contribution in [2.45, 2.75) is 36.6 Å². The van der Waals surface area contributed by atoms with Crippen molar-refractivity contribution in [1.82, 2.24) is 4.90 Å². The number of likely N-dealkylation sites (tertiary alicyclic amines) is 1. The van der Waals surface area contributed by atoms with Gasteiger partial charge in [0.15, 0.2) is 9.84 Å². The molecule has 1 aliphatic rings. The molecule has 0 aliphatic carbocycles. The number of carbonyl (C=O) groups excluding carboxylic acids is 1. The first-order valence-corrected chi connectivity index (χ1v) is 8.95. The molecule has 0 unspecified atom stereocenters. The second-order valence-corrected chi connectivity index (χ2v) is 7.40. The van der Waals surface area contributed by atoms with E-state index in [2.05, 4.69) is 0 Å². The van der Waals surface area contributed by atoms with Gasteiger partial charge in [-0.05, 0) is 25.0 Å². The van der Waals surface area contributed by atoms with Crippen LogP contribution in [0.2, 0.25) is 0 Å². The van der Waals surface area contributed by atoms with Crippen LogP contribution in [0.15, 0.2) is 23.1 Å². The topological polar surface area (TPSA) is 63.7 Å². The van der Waals surface area contributed by atoms with Gasteiger partial charge in [-0.1, -0.05) is 18.9 Å². The van der Waals surface area contributed by atoms with Crippen LogP contribution < -0.4 is 4.74 Å². The number of rotatable bonds is 4. The van der Waals surface area contributed by atoms with Crippen molar-refractivity contribution in [1.29, 1.82) is 0 Å². The van der Waals surface area contributed by atoms with E-state index in [1.54, 1.807) is 23.1 Å². The Kier molecular flexibility index (Phi) is 4.88. The summed E-state index contributed by atoms with van der Waals surface area (Å²) in [5.74, 6) is 0.525. The van der Waals surface area contributed by atoms with Crippen molar-refractivity contribution in [3.8, 4) is 5.75 Å². The van der Waals surface area contributed by atoms with Gasteiger partial charge in [-0.25, -0.2) is 8.42 Å². The number of ether oxygens (including phenoxy) is 1. The third kappa shape index (κ3) is 3.56. The molecule has 0 aromatic heterocycles. The fourth-order valence-electron chi connectivity index (χ4n) is 2.79. The van der Waals surface area contributed by atoms with Crippen LogP contribution in [0.1, 0.15) is 37.3 Å². The smallest absolute Gasteiger partial charge is 0.210 e. The molecule has 0 radical (unpaired) electrons. The summed E-state index contributed by atoms with van der Waals surface area (Å²) in [7, 11) is -1.75. The second kappa shape index (κ2) is 6.47. The van der Waals surface area contributed by atoms with Gasteiger partial charge in [-0.2, -0.15) is 0 Å². The summed E-state index contributed by atoms with van der Waals surface area (Å²) in [6.07, 6.45) is 6.06. The molecule has 116 valence electrons. The summed E-state index contributed by atoms with van der Waals surface area (Å²) in [4.78, 5) is 13.3. The van der Waals surface area contributed by atoms with Gasteiger partial charge >= 0.3 is 0 Å². The molecule has 1 aromatic carbocycles. The zero-order chi connectivity index (χ0) is 15.5. The molecule has 1 aromatic rings. The molecule has 0 spiro atoms. The molecule has 2 rings (SSSR count). The van der Waals surface area contributed by atoms with Gasteiger partial charge in [0.25, 0.3) is 0 Å². The Morgan fingerprint density at radius 1 is 1.29 bits per heavy atom. The molecule has 1 atom stereocenters. The molecule has 0 N–H and O–H groups in total. The van der Waals surface area contributed by atoms with Crippen LogP contribution in [0.25, 0.3) is 0 Å². The van der Waals surface area contributed by atoms with Gasteiger partial charge in [-0.15, -0.1) is 0 Å². The fraction of sp³-hybridized carbons (Fsp3) is 0.533. The van der Waals surface area contributed by atoms with Gasteiger partial charge in [0.05, 0.1) is 18.0 Å². The summed E-state index contributed by atoms with van der Waals surface area (Å²) in [6.45, 7) is 0.727. The van der Waals surface area contributed by atoms with Gasteiger partial charge < -0.3 is 9.64 Å². The molecule has 1 aliphatic heterocycles. The maximum absolute atomic E-state index is 11.6. The third-order valence-electron chi connectivity index (χ3n) is 3.92. The first-order valence-electron chi connectivity index (χ1n) is 7.06. The van der Waals surface area contributed by atoms with Gasteiger partial charge in [-0.3, -0.25) is 4.79 Å². The standard InChI is InChI=1S/C15H21NO4S/c1-20-15-10-12(21(2,18)19)7-8-13(15)14-6-4-3-5-9-16(14)11-17/h7-8,10-11,14H,3-6,9H2,1-2H3/t14-/m0/s1. The lowest BCUT2D eigenvalue weighted by atomic mass is 10.00. The summed E-state index contributed by atoms with van der Waals surface area (Å²) in [5.41, 5.74) is 0.874. The molecular formula is C15H21NO4S. The van der Waals surface area contributed by atoms with E-state index in [0.717, 1.165) is 44.2 Å². The van der Waals surface area contributed by atoms with Crippen molar-refractivity contribution in [3.63, 3.8) is 0 Å². The lowest BCUT2D eigenvalue weighted by molar-refractivity contribution is -0.120. The van der Waals surface area contributed by atoms with Crippen molar-refractivity contribution in [3.05, 3.63) is 23.8 Å². The van der Waals surface area contributed by atoms with E-state index in [4.69, 9.17) is 4.74 Å². The summed E-state index contributed by atoms with van der Waals surface area (Å²) in [5, 5.41) is 0. The number of methoxy groups -OCH3 is 1. The van der Waals surface area contributed by atoms with Crippen molar-refractivity contribution in [2.75, 3.05) is 19.9 Å². The Bertz CT molecular complexity index is 612. The number of hydrogen-bond donors (Lipinski definition) is 0. The van der Waals surface area contributed by atoms with E-state index in [0.29, 0.717) is 5.75 Å². The summed E-state index contributed by atoms with van der Waals surface area (Å²) >= 11 is 0. The molecule has 1 amide bonds. The minimum atomic E-state index is -3.27. The predicted molar refractivity (Wildman–Crippen MR) is 80.1 cm³/mol. The molecule has 21 heavy (non-hydrogen) atoms. The van der Waals surface area contributed by atoms with Crippen molar-refractivity contribution in [2.24, 2.45) is 0 Å². The van der Waals surface area contributed by atoms with E-state index < -0.39 is 9.84 Å². The van der Waals surface area contributed by atoms with Crippen molar-refractivity contribution < 1.29 is 17.9 Å². The number of benzene rings is 1. The molecule has 6 heteroatoms. The summed E-state index contributed by atoms with van der Waals surface area (Å²) in [6, 6.07) is 4.84. The molecule has 0 saturated carbocycles. The highest BCUT2D eigenvalue weighted by Gasteiger charge is 2.25. The monoisotopic (exact) mass is 311 g/mol. The molecular weight excluding hydrogens is 290 g/mol. The lowest BCUT2D eigenvalue weighted by Crippen LogP contribution is -2.27. The Morgan fingerprint density at radius 2 is 2.05 bits per heavy atom. The first kappa shape index (κ1) is 15.8. The number of nitrogens with zero attached hydrogens (tertiary/aromatic N) is 1. The molecule has 1 saturated heterocycles. The average molecular weight is 311 g/mol. The van der Waals surface area contributed by atoms with Crippen LogP contribution in [0.4, 0.5) is 0 Å². The normalized spacial score (nSPS) is 19.9. The molecule has 0 bridgehead atoms. The molecule has 5 nitrogen and oxygen atoms in total. The number of hydrogen-bond acceptors (Lipinski definition) is 4. The SMILES string of the molecule is COc1cc(S(C)(=O)=O)ccc1[C@@H]1CCCCCN1C=O. The van der Waals surface area contributed by atoms with Crippen LogP contribution in [0, 0.1) is 0 Å². The van der Waals surface area contributed by atoms with E-state index >= 15 is 0 Å². The minimum Gasteiger partial charge on any atom is -0.496 e. The average Bonchev–Trinajstić information content (AvgIpc) is 2.70. The van der Waals surface area contributed by atoms with Crippen LogP contribution in [0.3, 0.4) is 0 Å². The molecule has 1 fully saturated rings. The Hall–Kier alpha value is -1.56. The number of amides is 1. The van der Waals surface area contributed by atoms with Crippen molar-refractivity contribution >= 4 is 16.2 Å². The zero-order valence-corrected chi connectivity index (χ0v) is 13.2. The van der Waals surface area contributed by atoms with E-state index in [1.807, 2.05) is 0 Å². The van der Waals surface area contributed by atoms with Crippen LogP contribution >= 0.6 is 0 Å². The lowest BCUT2D eigenvalue weighted by Gasteiger charge is -2.28. The Morgan fingerprint density at radius 3 is 2.67 bits per heavy atom. The highest BCUT2D eigenvalue weighted by atomic mass is 32.2. The number of sulfone groups is 1. The van der Waals surface area contributed by atoms with Gasteiger partial charge in [0.1, 0.15) is 5.75 Å². The van der Waals surface area contributed by atoms with Gasteiger partial charge in [0, 0.05) is 18.4 Å². The third-order valence-corrected chi connectivity index (χ3v) is 5.03. The molecule has 1 heterocycles. The highest BCUT2D eigenvalue weighted by Crippen LogP contribution is 2.35. The van der Waals surface area contributed by atoms with E-state index in [-0.39, 0.29) is 10.9 Å². The summed E-state index contributed by atoms with van der Waals surface area (Å²) < 4.78 is 28.6. The number of carbonyl (C=O) groups is 1. The van der Waals surface area contributed by atoms with E-state index in [1.165, 1.54) is 13.4 Å². The quantitative estimate of drug-likeness (QED) is 0.800. The van der Waals surface area contributed by atoms with Crippen LogP contribution in [0.5, 0.6) is 5.75 Å². The highest BCUT2D eigenvalue weighted by molar-refractivity contribution is 7.90. The predicted octanol–water partition coefficient (Wildman–Crippen LogP) is 2.17. The van der Waals surface area contributed by atoms with Crippen LogP contribution in [-0.4, -0.2) is 39.6 Å². The first-order chi connectivity index (χ1) is 9.97. The maximum Gasteiger partial charge on any atom is 0.210 e. The largest absolute Gasteiger partial charge is 0.496 e. The zero-order valence-electron chi connectivity index (χ0n) is 12.4. The van der Waals surface area contributed by atoms with Gasteiger partial charge in [0.2, 0.25) is 6.41 Å². The minimum absolute atomic E-state index is 0.0476. The fourth-order valence-corrected chi connectivity index (χ4v) is 3.42. The van der Waals surface area contributed by atoms with E-state index in [9.17, 15) is 13.2 Å². The second-order valence-electron chi connectivity index (χ2n) is 5.38. The maximum atomic E-state index is 11.6. The Balaban J connectivity index is 2.44. The van der Waals surface area contributed by atoms with Crippen LogP contribution in [-0.2, 0) is 14.6 Å².